The molecule has 0 bridgehead atoms. The number of fused-ring (bicyclic) bond motifs is 1. The van der Waals surface area contributed by atoms with Crippen LogP contribution in [0.4, 0.5) is 0 Å². The molecule has 1 N–H and O–H groups in total. The molecule has 1 aliphatic carbocycles. The smallest absolute Gasteiger partial charge is 0.176 e. The predicted molar refractivity (Wildman–Crippen MR) is 84.7 cm³/mol. The number of para-hydroxylation sites is 1. The molecule has 4 heteroatoms. The zero-order chi connectivity index (χ0) is 14.9. The molecule has 0 spiro atoms. The predicted octanol–water partition coefficient (Wildman–Crippen LogP) is 3.02. The zero-order valence-electron chi connectivity index (χ0n) is 13.1. The average molecular weight is 288 g/mol. The Bertz CT molecular complexity index is 614. The first-order valence-corrected chi connectivity index (χ1v) is 7.58. The van der Waals surface area contributed by atoms with E-state index in [2.05, 4.69) is 36.4 Å². The Balaban J connectivity index is 1.66. The fourth-order valence-electron chi connectivity index (χ4n) is 3.12. The molecule has 114 valence electrons. The first-order chi connectivity index (χ1) is 10.1. The van der Waals surface area contributed by atoms with Gasteiger partial charge < -0.3 is 19.4 Å². The molecule has 4 nitrogen and oxygen atoms in total. The van der Waals surface area contributed by atoms with Crippen LogP contribution in [0.3, 0.4) is 0 Å². The van der Waals surface area contributed by atoms with Crippen LogP contribution < -0.4 is 10.1 Å². The lowest BCUT2D eigenvalue weighted by atomic mass is 9.75. The van der Waals surface area contributed by atoms with Gasteiger partial charge in [-0.3, -0.25) is 0 Å². The third-order valence-corrected chi connectivity index (χ3v) is 4.77. The second kappa shape index (κ2) is 5.70. The number of rotatable bonds is 6. The minimum atomic E-state index is 0.337. The van der Waals surface area contributed by atoms with Crippen LogP contribution in [0, 0.1) is 0 Å². The summed E-state index contributed by atoms with van der Waals surface area (Å²) in [5.41, 5.74) is 1.17. The van der Waals surface area contributed by atoms with Crippen molar-refractivity contribution in [2.45, 2.75) is 31.3 Å². The first kappa shape index (κ1) is 14.4. The van der Waals surface area contributed by atoms with Gasteiger partial charge in [-0.05, 0) is 45.5 Å². The van der Waals surface area contributed by atoms with Crippen molar-refractivity contribution in [3.8, 4) is 5.75 Å². The van der Waals surface area contributed by atoms with E-state index in [0.29, 0.717) is 5.54 Å². The van der Waals surface area contributed by atoms with Crippen LogP contribution in [-0.2, 0) is 6.54 Å². The third-order valence-electron chi connectivity index (χ3n) is 4.77. The van der Waals surface area contributed by atoms with E-state index in [-0.39, 0.29) is 0 Å². The standard InChI is InChI=1S/C17H24N2O2/c1-19(2)17(8-5-9-17)12-18-11-14-10-13-6-4-7-15(20-3)16(13)21-14/h4,6-7,10,18H,5,8-9,11-12H2,1-3H3. The van der Waals surface area contributed by atoms with Crippen LogP contribution in [0.2, 0.25) is 0 Å². The highest BCUT2D eigenvalue weighted by Crippen LogP contribution is 2.35. The van der Waals surface area contributed by atoms with Gasteiger partial charge in [-0.2, -0.15) is 0 Å². The molecule has 0 amide bonds. The number of nitrogens with zero attached hydrogens (tertiary/aromatic N) is 1. The van der Waals surface area contributed by atoms with Crippen LogP contribution in [0.25, 0.3) is 11.0 Å². The first-order valence-electron chi connectivity index (χ1n) is 7.58. The monoisotopic (exact) mass is 288 g/mol. The van der Waals surface area contributed by atoms with E-state index in [1.54, 1.807) is 7.11 Å². The summed E-state index contributed by atoms with van der Waals surface area (Å²) in [5.74, 6) is 1.75. The topological polar surface area (TPSA) is 37.6 Å². The highest BCUT2D eigenvalue weighted by molar-refractivity contribution is 5.83. The molecule has 1 aromatic heterocycles. The SMILES string of the molecule is COc1cccc2cc(CNCC3(N(C)C)CCC3)oc12. The summed E-state index contributed by atoms with van der Waals surface area (Å²) in [4.78, 5) is 2.35. The van der Waals surface area contributed by atoms with Crippen molar-refractivity contribution in [3.05, 3.63) is 30.0 Å². The van der Waals surface area contributed by atoms with Crippen molar-refractivity contribution in [3.63, 3.8) is 0 Å². The van der Waals surface area contributed by atoms with Crippen molar-refractivity contribution in [2.75, 3.05) is 27.7 Å². The summed E-state index contributed by atoms with van der Waals surface area (Å²) < 4.78 is 11.3. The van der Waals surface area contributed by atoms with Gasteiger partial charge in [-0.15, -0.1) is 0 Å². The molecule has 1 fully saturated rings. The van der Waals surface area contributed by atoms with E-state index in [1.807, 2.05) is 12.1 Å². The minimum absolute atomic E-state index is 0.337. The van der Waals surface area contributed by atoms with Gasteiger partial charge in [0.15, 0.2) is 11.3 Å². The van der Waals surface area contributed by atoms with Gasteiger partial charge in [0.25, 0.3) is 0 Å². The van der Waals surface area contributed by atoms with Crippen LogP contribution in [0.15, 0.2) is 28.7 Å². The van der Waals surface area contributed by atoms with Gasteiger partial charge in [0.1, 0.15) is 5.76 Å². The summed E-state index contributed by atoms with van der Waals surface area (Å²) in [6.07, 6.45) is 3.89. The maximum atomic E-state index is 5.92. The maximum absolute atomic E-state index is 5.92. The molecule has 0 unspecified atom stereocenters. The number of furan rings is 1. The molecule has 0 radical (unpaired) electrons. The summed E-state index contributed by atoms with van der Waals surface area (Å²) in [5, 5.41) is 4.64. The molecule has 1 aliphatic rings. The highest BCUT2D eigenvalue weighted by atomic mass is 16.5. The van der Waals surface area contributed by atoms with E-state index in [4.69, 9.17) is 9.15 Å². The van der Waals surface area contributed by atoms with Gasteiger partial charge in [0.05, 0.1) is 13.7 Å². The van der Waals surface area contributed by atoms with Gasteiger partial charge in [0, 0.05) is 17.5 Å². The number of hydrogen-bond donors (Lipinski definition) is 1. The van der Waals surface area contributed by atoms with Crippen molar-refractivity contribution in [2.24, 2.45) is 0 Å². The summed E-state index contributed by atoms with van der Waals surface area (Å²) >= 11 is 0. The van der Waals surface area contributed by atoms with Crippen LogP contribution >= 0.6 is 0 Å². The Labute approximate surface area is 126 Å². The van der Waals surface area contributed by atoms with E-state index < -0.39 is 0 Å². The largest absolute Gasteiger partial charge is 0.493 e. The lowest BCUT2D eigenvalue weighted by Crippen LogP contribution is -2.56. The molecule has 2 aromatic rings. The molecule has 3 rings (SSSR count). The maximum Gasteiger partial charge on any atom is 0.176 e. The second-order valence-electron chi connectivity index (χ2n) is 6.17. The molecular formula is C17H24N2O2. The summed E-state index contributed by atoms with van der Waals surface area (Å²) in [7, 11) is 6.02. The number of likely N-dealkylation sites (N-methyl/N-ethyl adjacent to an activating group) is 1. The van der Waals surface area contributed by atoms with Crippen molar-refractivity contribution >= 4 is 11.0 Å². The molecule has 21 heavy (non-hydrogen) atoms. The third kappa shape index (κ3) is 2.65. The van der Waals surface area contributed by atoms with Crippen LogP contribution in [0.1, 0.15) is 25.0 Å². The Hall–Kier alpha value is -1.52. The Kier molecular flexibility index (Phi) is 3.91. The van der Waals surface area contributed by atoms with Crippen molar-refractivity contribution in [1.29, 1.82) is 0 Å². The number of hydrogen-bond acceptors (Lipinski definition) is 4. The molecule has 0 aliphatic heterocycles. The lowest BCUT2D eigenvalue weighted by molar-refractivity contribution is 0.0594. The van der Waals surface area contributed by atoms with E-state index in [1.165, 1.54) is 19.3 Å². The van der Waals surface area contributed by atoms with E-state index in [9.17, 15) is 0 Å². The highest BCUT2D eigenvalue weighted by Gasteiger charge is 2.38. The zero-order valence-corrected chi connectivity index (χ0v) is 13.1. The fourth-order valence-corrected chi connectivity index (χ4v) is 3.12. The minimum Gasteiger partial charge on any atom is -0.493 e. The van der Waals surface area contributed by atoms with Gasteiger partial charge in [-0.25, -0.2) is 0 Å². The Morgan fingerprint density at radius 3 is 2.76 bits per heavy atom. The number of methoxy groups -OCH3 is 1. The molecule has 0 atom stereocenters. The molecule has 1 heterocycles. The van der Waals surface area contributed by atoms with E-state index in [0.717, 1.165) is 35.6 Å². The Morgan fingerprint density at radius 2 is 2.14 bits per heavy atom. The van der Waals surface area contributed by atoms with Gasteiger partial charge in [-0.1, -0.05) is 12.1 Å². The second-order valence-corrected chi connectivity index (χ2v) is 6.17. The number of nitrogens with one attached hydrogen (secondary N) is 1. The van der Waals surface area contributed by atoms with Crippen LogP contribution in [-0.4, -0.2) is 38.2 Å². The molecule has 1 saturated carbocycles. The molecule has 0 saturated heterocycles. The summed E-state index contributed by atoms with van der Waals surface area (Å²) in [6.45, 7) is 1.77. The molecular weight excluding hydrogens is 264 g/mol. The molecule has 1 aromatic carbocycles. The van der Waals surface area contributed by atoms with Crippen molar-refractivity contribution in [1.82, 2.24) is 10.2 Å². The Morgan fingerprint density at radius 1 is 1.33 bits per heavy atom. The van der Waals surface area contributed by atoms with Gasteiger partial charge in [0.2, 0.25) is 0 Å². The average Bonchev–Trinajstić information content (AvgIpc) is 2.83. The van der Waals surface area contributed by atoms with Crippen molar-refractivity contribution < 1.29 is 9.15 Å². The van der Waals surface area contributed by atoms with Crippen LogP contribution in [0.5, 0.6) is 5.75 Å². The summed E-state index contributed by atoms with van der Waals surface area (Å²) in [6, 6.07) is 8.06. The quantitative estimate of drug-likeness (QED) is 0.886. The number of benzene rings is 1. The fraction of sp³-hybridized carbons (Fsp3) is 0.529. The lowest BCUT2D eigenvalue weighted by Gasteiger charge is -2.47. The van der Waals surface area contributed by atoms with Gasteiger partial charge >= 0.3 is 0 Å². The number of ether oxygens (including phenoxy) is 1. The van der Waals surface area contributed by atoms with E-state index >= 15 is 0 Å². The normalized spacial score (nSPS) is 17.1.